The molecule has 92 valence electrons. The number of hydrogen-bond acceptors (Lipinski definition) is 3. The summed E-state index contributed by atoms with van der Waals surface area (Å²) in [5.74, 6) is 0. The summed E-state index contributed by atoms with van der Waals surface area (Å²) in [4.78, 5) is 10.4. The first kappa shape index (κ1) is 11.9. The molecule has 1 aromatic carbocycles. The summed E-state index contributed by atoms with van der Waals surface area (Å²) in [5, 5.41) is 0. The number of benzene rings is 1. The van der Waals surface area contributed by atoms with E-state index in [0.717, 1.165) is 5.56 Å². The van der Waals surface area contributed by atoms with Gasteiger partial charge >= 0.3 is 6.09 Å². The summed E-state index contributed by atoms with van der Waals surface area (Å²) in [7, 11) is 0. The predicted octanol–water partition coefficient (Wildman–Crippen LogP) is 2.25. The van der Waals surface area contributed by atoms with Gasteiger partial charge in [0, 0.05) is 6.42 Å². The molecule has 1 amide bonds. The van der Waals surface area contributed by atoms with Gasteiger partial charge in [0.2, 0.25) is 0 Å². The molecule has 0 aliphatic carbocycles. The van der Waals surface area contributed by atoms with Crippen LogP contribution in [-0.2, 0) is 9.47 Å². The molecule has 2 rings (SSSR count). The van der Waals surface area contributed by atoms with Crippen molar-refractivity contribution >= 4 is 6.09 Å². The zero-order chi connectivity index (χ0) is 12.3. The summed E-state index contributed by atoms with van der Waals surface area (Å²) >= 11 is 0. The predicted molar refractivity (Wildman–Crippen MR) is 59.1 cm³/mol. The van der Waals surface area contributed by atoms with Crippen LogP contribution < -0.4 is 5.73 Å². The monoisotopic (exact) mass is 239 g/mol. The number of halogens is 1. The molecule has 0 saturated heterocycles. The minimum Gasteiger partial charge on any atom is -0.450 e. The van der Waals surface area contributed by atoms with Crippen molar-refractivity contribution in [3.63, 3.8) is 0 Å². The number of carbonyl (C=O) groups excluding carboxylic acids is 1. The highest BCUT2D eigenvalue weighted by molar-refractivity contribution is 5.64. The highest BCUT2D eigenvalue weighted by Gasteiger charge is 2.27. The molecule has 0 unspecified atom stereocenters. The number of hydrogen-bond donors (Lipinski definition) is 1. The summed E-state index contributed by atoms with van der Waals surface area (Å²) in [6, 6.07) is 7.22. The molecule has 1 aliphatic heterocycles. The van der Waals surface area contributed by atoms with Crippen molar-refractivity contribution in [1.29, 1.82) is 0 Å². The third-order valence-electron chi connectivity index (χ3n) is 2.75. The Morgan fingerprint density at radius 3 is 2.88 bits per heavy atom. The van der Waals surface area contributed by atoms with E-state index in [4.69, 9.17) is 10.5 Å². The number of carbonyl (C=O) groups is 1. The molecule has 0 bridgehead atoms. The van der Waals surface area contributed by atoms with Crippen molar-refractivity contribution in [1.82, 2.24) is 0 Å². The first-order chi connectivity index (χ1) is 8.18. The highest BCUT2D eigenvalue weighted by Crippen LogP contribution is 2.35. The third-order valence-corrected chi connectivity index (χ3v) is 2.75. The van der Waals surface area contributed by atoms with Crippen LogP contribution in [0.25, 0.3) is 0 Å². The van der Waals surface area contributed by atoms with E-state index in [1.54, 1.807) is 12.1 Å². The lowest BCUT2D eigenvalue weighted by Gasteiger charge is -2.28. The van der Waals surface area contributed by atoms with E-state index >= 15 is 0 Å². The van der Waals surface area contributed by atoms with Crippen LogP contribution in [0.1, 0.15) is 29.8 Å². The van der Waals surface area contributed by atoms with E-state index in [0.29, 0.717) is 12.0 Å². The van der Waals surface area contributed by atoms with Crippen molar-refractivity contribution in [3.8, 4) is 0 Å². The van der Waals surface area contributed by atoms with E-state index in [9.17, 15) is 9.18 Å². The number of ether oxygens (including phenoxy) is 2. The molecule has 0 saturated carbocycles. The van der Waals surface area contributed by atoms with Gasteiger partial charge in [0.05, 0.1) is 19.3 Å². The molecule has 1 heterocycles. The van der Waals surface area contributed by atoms with Crippen LogP contribution in [0.15, 0.2) is 24.3 Å². The summed E-state index contributed by atoms with van der Waals surface area (Å²) in [6.07, 6.45) is -1.65. The lowest BCUT2D eigenvalue weighted by molar-refractivity contribution is -0.0137. The molecule has 0 spiro atoms. The van der Waals surface area contributed by atoms with E-state index < -0.39 is 12.3 Å². The fourth-order valence-corrected chi connectivity index (χ4v) is 1.97. The van der Waals surface area contributed by atoms with Gasteiger partial charge in [0.25, 0.3) is 0 Å². The Morgan fingerprint density at radius 1 is 1.47 bits per heavy atom. The standard InChI is InChI=1S/C12H14FNO3/c13-10-7-17-11(5-6-16-12(14)15)9-4-2-1-3-8(9)10/h1-4,10-11H,5-7H2,(H2,14,15)/t10-,11+/m0/s1. The van der Waals surface area contributed by atoms with E-state index in [2.05, 4.69) is 4.74 Å². The Kier molecular flexibility index (Phi) is 3.58. The fraction of sp³-hybridized carbons (Fsp3) is 0.417. The zero-order valence-electron chi connectivity index (χ0n) is 9.27. The second-order valence-corrected chi connectivity index (χ2v) is 3.87. The minimum absolute atomic E-state index is 0.0399. The van der Waals surface area contributed by atoms with Crippen molar-refractivity contribution < 1.29 is 18.7 Å². The molecule has 1 aromatic rings. The van der Waals surface area contributed by atoms with Crippen LogP contribution in [0.5, 0.6) is 0 Å². The lowest BCUT2D eigenvalue weighted by Crippen LogP contribution is -2.21. The molecule has 2 N–H and O–H groups in total. The van der Waals surface area contributed by atoms with E-state index in [1.165, 1.54) is 0 Å². The highest BCUT2D eigenvalue weighted by atomic mass is 19.1. The van der Waals surface area contributed by atoms with Crippen molar-refractivity contribution in [3.05, 3.63) is 35.4 Å². The molecule has 0 aromatic heterocycles. The van der Waals surface area contributed by atoms with Crippen LogP contribution in [0.2, 0.25) is 0 Å². The first-order valence-corrected chi connectivity index (χ1v) is 5.45. The van der Waals surface area contributed by atoms with Gasteiger partial charge in [-0.15, -0.1) is 0 Å². The van der Waals surface area contributed by atoms with Crippen molar-refractivity contribution in [2.24, 2.45) is 5.73 Å². The molecular weight excluding hydrogens is 225 g/mol. The Bertz CT molecular complexity index is 410. The normalized spacial score (nSPS) is 22.9. The summed E-state index contributed by atoms with van der Waals surface area (Å²) < 4.78 is 23.6. The minimum atomic E-state index is -1.08. The van der Waals surface area contributed by atoms with Gasteiger partial charge in [0.1, 0.15) is 6.17 Å². The van der Waals surface area contributed by atoms with Crippen LogP contribution in [-0.4, -0.2) is 19.3 Å². The van der Waals surface area contributed by atoms with Crippen molar-refractivity contribution in [2.45, 2.75) is 18.7 Å². The van der Waals surface area contributed by atoms with E-state index in [1.807, 2.05) is 12.1 Å². The molecule has 0 fully saturated rings. The number of amides is 1. The smallest absolute Gasteiger partial charge is 0.404 e. The molecule has 4 nitrogen and oxygen atoms in total. The molecule has 5 heteroatoms. The second kappa shape index (κ2) is 5.14. The number of primary amides is 1. The Labute approximate surface area is 98.5 Å². The maximum atomic E-state index is 13.6. The van der Waals surface area contributed by atoms with E-state index in [-0.39, 0.29) is 19.3 Å². The van der Waals surface area contributed by atoms with Gasteiger partial charge in [0.15, 0.2) is 0 Å². The largest absolute Gasteiger partial charge is 0.450 e. The molecule has 2 atom stereocenters. The number of alkyl halides is 1. The van der Waals surface area contributed by atoms with Crippen molar-refractivity contribution in [2.75, 3.05) is 13.2 Å². The van der Waals surface area contributed by atoms with Gasteiger partial charge in [-0.2, -0.15) is 0 Å². The SMILES string of the molecule is NC(=O)OCC[C@H]1OC[C@H](F)c2ccccc21. The Balaban J connectivity index is 2.05. The van der Waals surface area contributed by atoms with Gasteiger partial charge in [-0.3, -0.25) is 0 Å². The van der Waals surface area contributed by atoms with Crippen LogP contribution in [0.4, 0.5) is 9.18 Å². The molecule has 0 radical (unpaired) electrons. The van der Waals surface area contributed by atoms with Gasteiger partial charge in [-0.1, -0.05) is 24.3 Å². The lowest BCUT2D eigenvalue weighted by atomic mass is 9.95. The topological polar surface area (TPSA) is 61.6 Å². The first-order valence-electron chi connectivity index (χ1n) is 5.45. The molecule has 17 heavy (non-hydrogen) atoms. The Hall–Kier alpha value is -1.62. The number of nitrogens with two attached hydrogens (primary N) is 1. The quantitative estimate of drug-likeness (QED) is 0.880. The summed E-state index contributed by atoms with van der Waals surface area (Å²) in [6.45, 7) is 0.212. The number of fused-ring (bicyclic) bond motifs is 1. The molecular formula is C12H14FNO3. The van der Waals surface area contributed by atoms with Crippen LogP contribution in [0.3, 0.4) is 0 Å². The second-order valence-electron chi connectivity index (χ2n) is 3.87. The summed E-state index contributed by atoms with van der Waals surface area (Å²) in [5.41, 5.74) is 6.34. The maximum absolute atomic E-state index is 13.6. The third kappa shape index (κ3) is 2.74. The Morgan fingerprint density at radius 2 is 2.18 bits per heavy atom. The zero-order valence-corrected chi connectivity index (χ0v) is 9.27. The average Bonchev–Trinajstić information content (AvgIpc) is 2.32. The van der Waals surface area contributed by atoms with Gasteiger partial charge in [-0.05, 0) is 11.1 Å². The number of rotatable bonds is 3. The maximum Gasteiger partial charge on any atom is 0.404 e. The average molecular weight is 239 g/mol. The fourth-order valence-electron chi connectivity index (χ4n) is 1.97. The molecule has 1 aliphatic rings. The van der Waals surface area contributed by atoms with Crippen LogP contribution in [0, 0.1) is 0 Å². The van der Waals surface area contributed by atoms with Crippen LogP contribution >= 0.6 is 0 Å². The van der Waals surface area contributed by atoms with Gasteiger partial charge in [-0.25, -0.2) is 9.18 Å². The van der Waals surface area contributed by atoms with Gasteiger partial charge < -0.3 is 15.2 Å².